The molecule has 1 unspecified atom stereocenters. The van der Waals surface area contributed by atoms with Gasteiger partial charge in [0.15, 0.2) is 0 Å². The SMILES string of the molecule is C[C@@H]1[C@H](NC(=O)C2(C3CCCCO3)CC2)CCN1C(=O)c1cnc(C(C)(C)C)o1. The molecule has 2 saturated heterocycles. The number of carbonyl (C=O) groups excluding carboxylic acids is 2. The number of aromatic nitrogens is 1. The standard InChI is InChI=1S/C22H33N3O4/c1-14-15(24-19(27)22(9-10-22)17-7-5-6-12-28-17)8-11-25(14)18(26)16-13-23-20(29-16)21(2,3)4/h13-15,17H,5-12H2,1-4H3,(H,24,27)/t14-,15-,17?/m1/s1. The second-order valence-electron chi connectivity index (χ2n) is 9.90. The van der Waals surface area contributed by atoms with Crippen LogP contribution in [0.4, 0.5) is 0 Å². The van der Waals surface area contributed by atoms with E-state index >= 15 is 0 Å². The first-order valence-electron chi connectivity index (χ1n) is 10.9. The molecule has 2 aliphatic heterocycles. The van der Waals surface area contributed by atoms with Crippen LogP contribution in [0.25, 0.3) is 0 Å². The van der Waals surface area contributed by atoms with Crippen LogP contribution >= 0.6 is 0 Å². The molecule has 3 aliphatic rings. The summed E-state index contributed by atoms with van der Waals surface area (Å²) < 4.78 is 11.6. The molecule has 160 valence electrons. The molecule has 4 rings (SSSR count). The van der Waals surface area contributed by atoms with Gasteiger partial charge in [0.05, 0.1) is 23.8 Å². The van der Waals surface area contributed by atoms with Gasteiger partial charge in [0.2, 0.25) is 17.6 Å². The molecule has 7 heteroatoms. The van der Waals surface area contributed by atoms with E-state index in [4.69, 9.17) is 9.15 Å². The lowest BCUT2D eigenvalue weighted by Crippen LogP contribution is -2.50. The highest BCUT2D eigenvalue weighted by molar-refractivity contribution is 5.92. The van der Waals surface area contributed by atoms with Crippen molar-refractivity contribution in [3.8, 4) is 0 Å². The average molecular weight is 404 g/mol. The molecule has 0 aromatic carbocycles. The second-order valence-corrected chi connectivity index (χ2v) is 9.90. The molecule has 29 heavy (non-hydrogen) atoms. The Morgan fingerprint density at radius 1 is 1.24 bits per heavy atom. The number of hydrogen-bond acceptors (Lipinski definition) is 5. The third-order valence-corrected chi connectivity index (χ3v) is 6.73. The summed E-state index contributed by atoms with van der Waals surface area (Å²) in [7, 11) is 0. The van der Waals surface area contributed by atoms with Gasteiger partial charge in [0.1, 0.15) is 0 Å². The first kappa shape index (κ1) is 20.4. The van der Waals surface area contributed by atoms with Gasteiger partial charge < -0.3 is 19.4 Å². The van der Waals surface area contributed by atoms with Gasteiger partial charge in [-0.2, -0.15) is 0 Å². The maximum absolute atomic E-state index is 13.1. The molecule has 1 saturated carbocycles. The van der Waals surface area contributed by atoms with Gasteiger partial charge in [0.25, 0.3) is 5.91 Å². The summed E-state index contributed by atoms with van der Waals surface area (Å²) in [4.78, 5) is 32.1. The summed E-state index contributed by atoms with van der Waals surface area (Å²) in [6, 6.07) is -0.129. The van der Waals surface area contributed by atoms with Crippen LogP contribution in [0, 0.1) is 5.41 Å². The van der Waals surface area contributed by atoms with Gasteiger partial charge in [-0.3, -0.25) is 9.59 Å². The number of amides is 2. The topological polar surface area (TPSA) is 84.7 Å². The summed E-state index contributed by atoms with van der Waals surface area (Å²) in [5.41, 5.74) is -0.588. The normalized spacial score (nSPS) is 29.0. The van der Waals surface area contributed by atoms with Crippen molar-refractivity contribution in [1.29, 1.82) is 0 Å². The van der Waals surface area contributed by atoms with Crippen LogP contribution in [-0.2, 0) is 14.9 Å². The fraction of sp³-hybridized carbons (Fsp3) is 0.773. The van der Waals surface area contributed by atoms with Gasteiger partial charge in [-0.1, -0.05) is 20.8 Å². The van der Waals surface area contributed by atoms with Crippen molar-refractivity contribution < 1.29 is 18.7 Å². The van der Waals surface area contributed by atoms with Gasteiger partial charge in [-0.05, 0) is 45.4 Å². The molecular weight excluding hydrogens is 370 g/mol. The van der Waals surface area contributed by atoms with E-state index in [9.17, 15) is 9.59 Å². The Morgan fingerprint density at radius 2 is 2.00 bits per heavy atom. The number of nitrogens with one attached hydrogen (secondary N) is 1. The van der Waals surface area contributed by atoms with Gasteiger partial charge in [-0.25, -0.2) is 4.98 Å². The van der Waals surface area contributed by atoms with Crippen molar-refractivity contribution in [1.82, 2.24) is 15.2 Å². The molecule has 3 heterocycles. The van der Waals surface area contributed by atoms with E-state index in [0.29, 0.717) is 12.4 Å². The molecule has 0 radical (unpaired) electrons. The monoisotopic (exact) mass is 403 g/mol. The van der Waals surface area contributed by atoms with E-state index < -0.39 is 0 Å². The van der Waals surface area contributed by atoms with E-state index in [0.717, 1.165) is 45.1 Å². The highest BCUT2D eigenvalue weighted by Crippen LogP contribution is 2.52. The second kappa shape index (κ2) is 7.42. The Morgan fingerprint density at radius 3 is 2.59 bits per heavy atom. The highest BCUT2D eigenvalue weighted by Gasteiger charge is 2.57. The Hall–Kier alpha value is -1.89. The highest BCUT2D eigenvalue weighted by atomic mass is 16.5. The van der Waals surface area contributed by atoms with E-state index in [2.05, 4.69) is 10.3 Å². The van der Waals surface area contributed by atoms with Crippen LogP contribution in [0.15, 0.2) is 10.6 Å². The fourth-order valence-electron chi connectivity index (χ4n) is 4.60. The Kier molecular flexibility index (Phi) is 5.21. The first-order valence-corrected chi connectivity index (χ1v) is 10.9. The quantitative estimate of drug-likeness (QED) is 0.835. The Balaban J connectivity index is 1.38. The third kappa shape index (κ3) is 3.81. The van der Waals surface area contributed by atoms with Crippen molar-refractivity contribution in [2.45, 2.75) is 89.8 Å². The van der Waals surface area contributed by atoms with Crippen molar-refractivity contribution in [2.24, 2.45) is 5.41 Å². The number of hydrogen-bond donors (Lipinski definition) is 1. The van der Waals surface area contributed by atoms with Crippen LogP contribution in [0.2, 0.25) is 0 Å². The molecule has 3 fully saturated rings. The van der Waals surface area contributed by atoms with Crippen LogP contribution in [0.5, 0.6) is 0 Å². The minimum Gasteiger partial charge on any atom is -0.435 e. The maximum Gasteiger partial charge on any atom is 0.291 e. The lowest BCUT2D eigenvalue weighted by Gasteiger charge is -2.31. The molecular formula is C22H33N3O4. The molecule has 1 aliphatic carbocycles. The van der Waals surface area contributed by atoms with E-state index in [1.807, 2.05) is 27.7 Å². The first-order chi connectivity index (χ1) is 13.7. The lowest BCUT2D eigenvalue weighted by molar-refractivity contribution is -0.135. The molecule has 0 bridgehead atoms. The largest absolute Gasteiger partial charge is 0.435 e. The zero-order chi connectivity index (χ0) is 20.8. The number of rotatable bonds is 4. The number of ether oxygens (including phenoxy) is 1. The summed E-state index contributed by atoms with van der Waals surface area (Å²) in [5.74, 6) is 0.767. The molecule has 7 nitrogen and oxygen atoms in total. The van der Waals surface area contributed by atoms with Gasteiger partial charge in [0, 0.05) is 24.6 Å². The van der Waals surface area contributed by atoms with Crippen molar-refractivity contribution >= 4 is 11.8 Å². The van der Waals surface area contributed by atoms with Crippen LogP contribution < -0.4 is 5.32 Å². The maximum atomic E-state index is 13.1. The molecule has 1 aromatic heterocycles. The summed E-state index contributed by atoms with van der Waals surface area (Å²) >= 11 is 0. The summed E-state index contributed by atoms with van der Waals surface area (Å²) in [6.45, 7) is 9.36. The van der Waals surface area contributed by atoms with E-state index in [1.165, 1.54) is 6.20 Å². The van der Waals surface area contributed by atoms with Crippen LogP contribution in [0.3, 0.4) is 0 Å². The smallest absolute Gasteiger partial charge is 0.291 e. The molecule has 2 amide bonds. The van der Waals surface area contributed by atoms with Crippen molar-refractivity contribution in [3.63, 3.8) is 0 Å². The molecule has 1 N–H and O–H groups in total. The van der Waals surface area contributed by atoms with Gasteiger partial charge >= 0.3 is 0 Å². The lowest BCUT2D eigenvalue weighted by atomic mass is 9.91. The van der Waals surface area contributed by atoms with Crippen molar-refractivity contribution in [3.05, 3.63) is 17.8 Å². The Labute approximate surface area is 172 Å². The zero-order valence-corrected chi connectivity index (χ0v) is 18.0. The Bertz CT molecular complexity index is 771. The molecule has 0 spiro atoms. The average Bonchev–Trinajstić information content (AvgIpc) is 3.20. The zero-order valence-electron chi connectivity index (χ0n) is 18.0. The van der Waals surface area contributed by atoms with E-state index in [-0.39, 0.29) is 46.6 Å². The minimum absolute atomic E-state index is 0.0440. The van der Waals surface area contributed by atoms with Crippen LogP contribution in [0.1, 0.15) is 82.7 Å². The minimum atomic E-state index is -0.343. The summed E-state index contributed by atoms with van der Waals surface area (Å²) in [6.07, 6.45) is 7.32. The predicted octanol–water partition coefficient (Wildman–Crippen LogP) is 3.04. The number of nitrogens with zero attached hydrogens (tertiary/aromatic N) is 2. The van der Waals surface area contributed by atoms with Crippen LogP contribution in [-0.4, -0.2) is 53.0 Å². The molecule has 3 atom stereocenters. The van der Waals surface area contributed by atoms with Crippen molar-refractivity contribution in [2.75, 3.05) is 13.2 Å². The molecule has 1 aromatic rings. The number of carbonyl (C=O) groups is 2. The van der Waals surface area contributed by atoms with E-state index in [1.54, 1.807) is 4.90 Å². The predicted molar refractivity (Wildman–Crippen MR) is 108 cm³/mol. The number of likely N-dealkylation sites (tertiary alicyclic amines) is 1. The number of oxazole rings is 1. The third-order valence-electron chi connectivity index (χ3n) is 6.73. The van der Waals surface area contributed by atoms with Gasteiger partial charge in [-0.15, -0.1) is 0 Å². The fourth-order valence-corrected chi connectivity index (χ4v) is 4.60. The summed E-state index contributed by atoms with van der Waals surface area (Å²) in [5, 5.41) is 3.24.